The average Bonchev–Trinajstić information content (AvgIpc) is 2.58. The first-order valence-corrected chi connectivity index (χ1v) is 8.72. The minimum atomic E-state index is -0.458. The van der Waals surface area contributed by atoms with Gasteiger partial charge in [0.1, 0.15) is 12.4 Å². The lowest BCUT2D eigenvalue weighted by Crippen LogP contribution is -2.47. The van der Waals surface area contributed by atoms with E-state index in [0.717, 1.165) is 18.6 Å². The molecule has 0 spiro atoms. The van der Waals surface area contributed by atoms with Crippen molar-refractivity contribution in [2.75, 3.05) is 26.4 Å². The third-order valence-corrected chi connectivity index (χ3v) is 4.47. The zero-order valence-corrected chi connectivity index (χ0v) is 16.2. The summed E-state index contributed by atoms with van der Waals surface area (Å²) in [7, 11) is 0. The smallest absolute Gasteiger partial charge is 0.237 e. The number of nitrogens with two attached hydrogens (primary N) is 1. The van der Waals surface area contributed by atoms with Crippen molar-refractivity contribution in [1.82, 2.24) is 5.32 Å². The van der Waals surface area contributed by atoms with Gasteiger partial charge in [-0.1, -0.05) is 32.9 Å². The molecule has 0 radical (unpaired) electrons. The van der Waals surface area contributed by atoms with Crippen molar-refractivity contribution >= 4 is 18.3 Å². The van der Waals surface area contributed by atoms with Crippen LogP contribution in [0.5, 0.6) is 5.75 Å². The number of rotatable bonds is 6. The van der Waals surface area contributed by atoms with Gasteiger partial charge < -0.3 is 20.5 Å². The molecular weight excluding hydrogens is 340 g/mol. The summed E-state index contributed by atoms with van der Waals surface area (Å²) < 4.78 is 11.0. The standard InChI is InChI=1S/C19H30N2O3.ClH/c1-19(2,3)15-4-6-16(7-5-15)24-13-10-21-18(22)17(20)14-8-11-23-12-9-14;/h4-7,14,17H,8-13,20H2,1-3H3,(H,21,22);1H. The number of carbonyl (C=O) groups is 1. The molecule has 1 heterocycles. The molecule has 25 heavy (non-hydrogen) atoms. The molecule has 0 saturated carbocycles. The second-order valence-electron chi connectivity index (χ2n) is 7.39. The first-order valence-electron chi connectivity index (χ1n) is 8.72. The van der Waals surface area contributed by atoms with Gasteiger partial charge in [0.2, 0.25) is 5.91 Å². The zero-order chi connectivity index (χ0) is 17.6. The Labute approximate surface area is 157 Å². The van der Waals surface area contributed by atoms with Crippen molar-refractivity contribution in [1.29, 1.82) is 0 Å². The van der Waals surface area contributed by atoms with E-state index in [9.17, 15) is 4.79 Å². The number of carbonyl (C=O) groups excluding carboxylic acids is 1. The van der Waals surface area contributed by atoms with E-state index in [2.05, 4.69) is 38.2 Å². The predicted molar refractivity (Wildman–Crippen MR) is 102 cm³/mol. The fourth-order valence-corrected chi connectivity index (χ4v) is 2.80. The highest BCUT2D eigenvalue weighted by Gasteiger charge is 2.26. The van der Waals surface area contributed by atoms with Crippen LogP contribution in [0.1, 0.15) is 39.2 Å². The van der Waals surface area contributed by atoms with Crippen molar-refractivity contribution in [2.45, 2.75) is 45.1 Å². The second kappa shape index (κ2) is 10.00. The van der Waals surface area contributed by atoms with Crippen LogP contribution in [0.2, 0.25) is 0 Å². The van der Waals surface area contributed by atoms with E-state index in [0.29, 0.717) is 26.4 Å². The third kappa shape index (κ3) is 6.84. The molecule has 3 N–H and O–H groups in total. The summed E-state index contributed by atoms with van der Waals surface area (Å²) in [6, 6.07) is 7.64. The van der Waals surface area contributed by atoms with Crippen LogP contribution in [0.4, 0.5) is 0 Å². The Kier molecular flexibility index (Phi) is 8.69. The highest BCUT2D eigenvalue weighted by atomic mass is 35.5. The summed E-state index contributed by atoms with van der Waals surface area (Å²) in [6.07, 6.45) is 1.70. The van der Waals surface area contributed by atoms with Gasteiger partial charge in [-0.15, -0.1) is 12.4 Å². The van der Waals surface area contributed by atoms with E-state index in [1.165, 1.54) is 5.56 Å². The molecule has 1 aromatic carbocycles. The molecule has 1 fully saturated rings. The Morgan fingerprint density at radius 3 is 2.44 bits per heavy atom. The van der Waals surface area contributed by atoms with Gasteiger partial charge in [-0.3, -0.25) is 4.79 Å². The summed E-state index contributed by atoms with van der Waals surface area (Å²) in [6.45, 7) is 8.82. The third-order valence-electron chi connectivity index (χ3n) is 4.47. The van der Waals surface area contributed by atoms with Crippen LogP contribution in [-0.2, 0) is 14.9 Å². The monoisotopic (exact) mass is 370 g/mol. The molecule has 1 saturated heterocycles. The maximum Gasteiger partial charge on any atom is 0.237 e. The van der Waals surface area contributed by atoms with Crippen molar-refractivity contribution in [3.8, 4) is 5.75 Å². The van der Waals surface area contributed by atoms with Crippen LogP contribution >= 0.6 is 12.4 Å². The Hall–Kier alpha value is -1.30. The van der Waals surface area contributed by atoms with E-state index in [4.69, 9.17) is 15.2 Å². The topological polar surface area (TPSA) is 73.6 Å². The van der Waals surface area contributed by atoms with Gasteiger partial charge >= 0.3 is 0 Å². The van der Waals surface area contributed by atoms with Gasteiger partial charge in [0.15, 0.2) is 0 Å². The summed E-state index contributed by atoms with van der Waals surface area (Å²) in [5, 5.41) is 2.86. The molecule has 5 nitrogen and oxygen atoms in total. The summed E-state index contributed by atoms with van der Waals surface area (Å²) in [5.41, 5.74) is 7.44. The zero-order valence-electron chi connectivity index (χ0n) is 15.4. The maximum atomic E-state index is 12.1. The van der Waals surface area contributed by atoms with E-state index in [1.807, 2.05) is 12.1 Å². The van der Waals surface area contributed by atoms with Crippen molar-refractivity contribution in [2.24, 2.45) is 11.7 Å². The number of benzene rings is 1. The number of hydrogen-bond donors (Lipinski definition) is 2. The quantitative estimate of drug-likeness (QED) is 0.755. The van der Waals surface area contributed by atoms with Gasteiger partial charge in [-0.05, 0) is 41.9 Å². The molecule has 6 heteroatoms. The molecule has 1 amide bonds. The first-order chi connectivity index (χ1) is 11.4. The summed E-state index contributed by atoms with van der Waals surface area (Å²) in [5.74, 6) is 0.921. The molecule has 1 atom stereocenters. The Morgan fingerprint density at radius 2 is 1.88 bits per heavy atom. The highest BCUT2D eigenvalue weighted by Crippen LogP contribution is 2.24. The lowest BCUT2D eigenvalue weighted by Gasteiger charge is -2.26. The van der Waals surface area contributed by atoms with Gasteiger partial charge in [-0.2, -0.15) is 0 Å². The average molecular weight is 371 g/mol. The van der Waals surface area contributed by atoms with Gasteiger partial charge in [0.25, 0.3) is 0 Å². The minimum Gasteiger partial charge on any atom is -0.492 e. The second-order valence-corrected chi connectivity index (χ2v) is 7.39. The van der Waals surface area contributed by atoms with E-state index in [-0.39, 0.29) is 29.6 Å². The van der Waals surface area contributed by atoms with Crippen LogP contribution in [0.15, 0.2) is 24.3 Å². The molecule has 1 aliphatic heterocycles. The van der Waals surface area contributed by atoms with Gasteiger partial charge in [-0.25, -0.2) is 0 Å². The molecule has 1 aliphatic rings. The van der Waals surface area contributed by atoms with Crippen molar-refractivity contribution in [3.05, 3.63) is 29.8 Å². The Bertz CT molecular complexity index is 522. The fourth-order valence-electron chi connectivity index (χ4n) is 2.80. The van der Waals surface area contributed by atoms with Gasteiger partial charge in [0, 0.05) is 13.2 Å². The van der Waals surface area contributed by atoms with E-state index in [1.54, 1.807) is 0 Å². The molecule has 0 aliphatic carbocycles. The SMILES string of the molecule is CC(C)(C)c1ccc(OCCNC(=O)C(N)C2CCOCC2)cc1.Cl. The summed E-state index contributed by atoms with van der Waals surface area (Å²) in [4.78, 5) is 12.1. The van der Waals surface area contributed by atoms with Crippen molar-refractivity contribution < 1.29 is 14.3 Å². The van der Waals surface area contributed by atoms with E-state index < -0.39 is 6.04 Å². The van der Waals surface area contributed by atoms with Crippen LogP contribution in [0.3, 0.4) is 0 Å². The lowest BCUT2D eigenvalue weighted by molar-refractivity contribution is -0.124. The van der Waals surface area contributed by atoms with Crippen LogP contribution < -0.4 is 15.8 Å². The number of nitrogens with one attached hydrogen (secondary N) is 1. The van der Waals surface area contributed by atoms with E-state index >= 15 is 0 Å². The molecule has 2 rings (SSSR count). The first kappa shape index (κ1) is 21.7. The molecule has 0 bridgehead atoms. The fraction of sp³-hybridized carbons (Fsp3) is 0.632. The van der Waals surface area contributed by atoms with Crippen LogP contribution in [0, 0.1) is 5.92 Å². The van der Waals surface area contributed by atoms with Crippen LogP contribution in [-0.4, -0.2) is 38.3 Å². The number of hydrogen-bond acceptors (Lipinski definition) is 4. The lowest BCUT2D eigenvalue weighted by atomic mass is 9.87. The number of amides is 1. The number of ether oxygens (including phenoxy) is 2. The normalized spacial score (nSPS) is 16.6. The predicted octanol–water partition coefficient (Wildman–Crippen LogP) is 2.65. The molecule has 142 valence electrons. The van der Waals surface area contributed by atoms with Gasteiger partial charge in [0.05, 0.1) is 12.6 Å². The largest absolute Gasteiger partial charge is 0.492 e. The number of halogens is 1. The molecule has 1 unspecified atom stereocenters. The van der Waals surface area contributed by atoms with Crippen molar-refractivity contribution in [3.63, 3.8) is 0 Å². The Morgan fingerprint density at radius 1 is 1.28 bits per heavy atom. The molecule has 0 aromatic heterocycles. The Balaban J connectivity index is 0.00000312. The molecular formula is C19H31ClN2O3. The highest BCUT2D eigenvalue weighted by molar-refractivity contribution is 5.85. The maximum absolute atomic E-state index is 12.1. The molecule has 1 aromatic rings. The minimum absolute atomic E-state index is 0. The summed E-state index contributed by atoms with van der Waals surface area (Å²) >= 11 is 0. The van der Waals surface area contributed by atoms with Crippen LogP contribution in [0.25, 0.3) is 0 Å².